The van der Waals surface area contributed by atoms with Gasteiger partial charge in [0.15, 0.2) is 0 Å². The molecule has 0 aliphatic carbocycles. The zero-order valence-corrected chi connectivity index (χ0v) is 10.9. The van der Waals surface area contributed by atoms with Crippen molar-refractivity contribution in [3.63, 3.8) is 0 Å². The molecular formula is C13H13F2N3O2. The molecule has 20 heavy (non-hydrogen) atoms. The molecule has 0 unspecified atom stereocenters. The summed E-state index contributed by atoms with van der Waals surface area (Å²) in [5, 5.41) is 6.14. The molecule has 0 saturated heterocycles. The monoisotopic (exact) mass is 281 g/mol. The normalized spacial score (nSPS) is 10.7. The van der Waals surface area contributed by atoms with Gasteiger partial charge in [-0.2, -0.15) is 5.10 Å². The zero-order chi connectivity index (χ0) is 14.7. The maximum atomic E-state index is 12.5. The molecule has 7 heteroatoms. The molecule has 1 aromatic carbocycles. The number of nitrogens with zero attached hydrogens (tertiary/aromatic N) is 2. The Morgan fingerprint density at radius 3 is 2.50 bits per heavy atom. The number of amides is 1. The van der Waals surface area contributed by atoms with Crippen LogP contribution in [0.2, 0.25) is 0 Å². The van der Waals surface area contributed by atoms with E-state index in [4.69, 9.17) is 4.74 Å². The van der Waals surface area contributed by atoms with E-state index < -0.39 is 12.3 Å². The van der Waals surface area contributed by atoms with E-state index in [9.17, 15) is 13.6 Å². The summed E-state index contributed by atoms with van der Waals surface area (Å²) in [4.78, 5) is 12.0. The summed E-state index contributed by atoms with van der Waals surface area (Å²) in [6, 6.07) is 7.59. The summed E-state index contributed by atoms with van der Waals surface area (Å²) in [6.45, 7) is 0. The average molecular weight is 281 g/mol. The Hall–Kier alpha value is -2.44. The first kappa shape index (κ1) is 14.0. The number of anilines is 1. The van der Waals surface area contributed by atoms with Crippen LogP contribution in [-0.4, -0.2) is 22.8 Å². The van der Waals surface area contributed by atoms with Gasteiger partial charge in [-0.1, -0.05) is 0 Å². The number of hydrogen-bond acceptors (Lipinski definition) is 3. The van der Waals surface area contributed by atoms with Crippen molar-refractivity contribution in [3.8, 4) is 5.75 Å². The van der Waals surface area contributed by atoms with Crippen LogP contribution in [0.4, 0.5) is 14.6 Å². The Morgan fingerprint density at radius 2 is 2.00 bits per heavy atom. The number of benzene rings is 1. The fraction of sp³-hybridized carbons (Fsp3) is 0.231. The van der Waals surface area contributed by atoms with Crippen molar-refractivity contribution >= 4 is 11.7 Å². The van der Waals surface area contributed by atoms with Gasteiger partial charge >= 0.3 is 0 Å². The Morgan fingerprint density at radius 1 is 1.35 bits per heavy atom. The number of rotatable bonds is 4. The predicted octanol–water partition coefficient (Wildman–Crippen LogP) is 2.62. The van der Waals surface area contributed by atoms with E-state index in [-0.39, 0.29) is 11.5 Å². The molecule has 0 saturated carbocycles. The molecule has 106 valence electrons. The number of hydrogen-bond donors (Lipinski definition) is 1. The number of ether oxygens (including phenoxy) is 1. The molecule has 0 radical (unpaired) electrons. The van der Waals surface area contributed by atoms with Crippen LogP contribution in [0.5, 0.6) is 5.75 Å². The quantitative estimate of drug-likeness (QED) is 0.937. The topological polar surface area (TPSA) is 56.1 Å². The Bertz CT molecular complexity index is 609. The number of alkyl halides is 2. The lowest BCUT2D eigenvalue weighted by Crippen LogP contribution is -2.14. The maximum Gasteiger partial charge on any atom is 0.282 e. The van der Waals surface area contributed by atoms with Gasteiger partial charge in [0.25, 0.3) is 12.3 Å². The molecule has 1 heterocycles. The van der Waals surface area contributed by atoms with Crippen LogP contribution in [0, 0.1) is 0 Å². The number of nitrogens with one attached hydrogen (secondary N) is 1. The van der Waals surface area contributed by atoms with Crippen molar-refractivity contribution in [3.05, 3.63) is 41.6 Å². The number of aromatic nitrogens is 2. The van der Waals surface area contributed by atoms with E-state index in [0.29, 0.717) is 11.3 Å². The van der Waals surface area contributed by atoms with E-state index in [1.54, 1.807) is 24.3 Å². The Balaban J connectivity index is 2.14. The summed E-state index contributed by atoms with van der Waals surface area (Å²) in [7, 11) is 3.01. The number of carbonyl (C=O) groups excluding carboxylic acids is 1. The van der Waals surface area contributed by atoms with Crippen LogP contribution in [-0.2, 0) is 7.05 Å². The molecule has 0 fully saturated rings. The molecule has 2 aromatic rings. The predicted molar refractivity (Wildman–Crippen MR) is 69.1 cm³/mol. The highest BCUT2D eigenvalue weighted by atomic mass is 19.3. The van der Waals surface area contributed by atoms with Crippen LogP contribution in [0.15, 0.2) is 30.3 Å². The summed E-state index contributed by atoms with van der Waals surface area (Å²) in [5.74, 6) is 0.430. The summed E-state index contributed by atoms with van der Waals surface area (Å²) < 4.78 is 31.2. The van der Waals surface area contributed by atoms with E-state index in [1.807, 2.05) is 0 Å². The Labute approximate surface area is 114 Å². The summed E-state index contributed by atoms with van der Waals surface area (Å²) >= 11 is 0. The molecule has 5 nitrogen and oxygen atoms in total. The van der Waals surface area contributed by atoms with Gasteiger partial charge in [0.05, 0.1) is 7.11 Å². The maximum absolute atomic E-state index is 12.5. The molecule has 0 bridgehead atoms. The van der Waals surface area contributed by atoms with Crippen LogP contribution in [0.3, 0.4) is 0 Å². The van der Waals surface area contributed by atoms with Gasteiger partial charge in [-0.3, -0.25) is 9.48 Å². The van der Waals surface area contributed by atoms with Crippen molar-refractivity contribution in [2.24, 2.45) is 7.05 Å². The number of halogens is 2. The second-order valence-electron chi connectivity index (χ2n) is 4.06. The molecule has 0 atom stereocenters. The van der Waals surface area contributed by atoms with Crippen LogP contribution >= 0.6 is 0 Å². The van der Waals surface area contributed by atoms with Gasteiger partial charge in [0.1, 0.15) is 17.3 Å². The Kier molecular flexibility index (Phi) is 3.97. The lowest BCUT2D eigenvalue weighted by atomic mass is 10.2. The zero-order valence-electron chi connectivity index (χ0n) is 10.9. The van der Waals surface area contributed by atoms with Crippen molar-refractivity contribution in [2.75, 3.05) is 12.4 Å². The molecule has 0 spiro atoms. The SMILES string of the molecule is COc1ccc(C(=O)Nc2cc(C(F)F)nn2C)cc1. The van der Waals surface area contributed by atoms with Gasteiger partial charge < -0.3 is 10.1 Å². The van der Waals surface area contributed by atoms with Crippen molar-refractivity contribution in [1.82, 2.24) is 9.78 Å². The first-order chi connectivity index (χ1) is 9.51. The third-order valence-electron chi connectivity index (χ3n) is 2.72. The van der Waals surface area contributed by atoms with E-state index in [1.165, 1.54) is 18.8 Å². The molecular weight excluding hydrogens is 268 g/mol. The second kappa shape index (κ2) is 5.68. The first-order valence-electron chi connectivity index (χ1n) is 5.78. The lowest BCUT2D eigenvalue weighted by Gasteiger charge is -2.05. The molecule has 1 amide bonds. The van der Waals surface area contributed by atoms with Gasteiger partial charge in [-0.05, 0) is 24.3 Å². The third-order valence-corrected chi connectivity index (χ3v) is 2.72. The highest BCUT2D eigenvalue weighted by Crippen LogP contribution is 2.21. The third kappa shape index (κ3) is 2.93. The fourth-order valence-corrected chi connectivity index (χ4v) is 1.64. The molecule has 0 aliphatic rings. The van der Waals surface area contributed by atoms with Gasteiger partial charge in [0.2, 0.25) is 0 Å². The first-order valence-corrected chi connectivity index (χ1v) is 5.78. The minimum Gasteiger partial charge on any atom is -0.497 e. The van der Waals surface area contributed by atoms with Crippen LogP contribution in [0.25, 0.3) is 0 Å². The standard InChI is InChI=1S/C13H13F2N3O2/c1-18-11(7-10(17-18)12(14)15)16-13(19)8-3-5-9(20-2)6-4-8/h3-7,12H,1-2H3,(H,16,19). The molecule has 1 N–H and O–H groups in total. The minimum atomic E-state index is -2.67. The van der Waals surface area contributed by atoms with Gasteiger partial charge in [-0.15, -0.1) is 0 Å². The summed E-state index contributed by atoms with van der Waals surface area (Å²) in [6.07, 6.45) is -2.67. The number of carbonyl (C=O) groups is 1. The minimum absolute atomic E-state index is 0.209. The van der Waals surface area contributed by atoms with Crippen molar-refractivity contribution in [1.29, 1.82) is 0 Å². The smallest absolute Gasteiger partial charge is 0.282 e. The van der Waals surface area contributed by atoms with E-state index >= 15 is 0 Å². The van der Waals surface area contributed by atoms with Crippen molar-refractivity contribution in [2.45, 2.75) is 6.43 Å². The largest absolute Gasteiger partial charge is 0.497 e. The second-order valence-corrected chi connectivity index (χ2v) is 4.06. The highest BCUT2D eigenvalue weighted by molar-refractivity contribution is 6.03. The average Bonchev–Trinajstić information content (AvgIpc) is 2.80. The fourth-order valence-electron chi connectivity index (χ4n) is 1.64. The van der Waals surface area contributed by atoms with Crippen molar-refractivity contribution < 1.29 is 18.3 Å². The summed E-state index contributed by atoms with van der Waals surface area (Å²) in [5.41, 5.74) is 0.0168. The molecule has 2 rings (SSSR count). The lowest BCUT2D eigenvalue weighted by molar-refractivity contribution is 0.102. The van der Waals surface area contributed by atoms with Crippen LogP contribution in [0.1, 0.15) is 22.5 Å². The molecule has 0 aliphatic heterocycles. The highest BCUT2D eigenvalue weighted by Gasteiger charge is 2.16. The van der Waals surface area contributed by atoms with E-state index in [0.717, 1.165) is 6.07 Å². The van der Waals surface area contributed by atoms with E-state index in [2.05, 4.69) is 10.4 Å². The van der Waals surface area contributed by atoms with Crippen LogP contribution < -0.4 is 10.1 Å². The van der Waals surface area contributed by atoms with Gasteiger partial charge in [-0.25, -0.2) is 8.78 Å². The number of aryl methyl sites for hydroxylation is 1. The number of methoxy groups -OCH3 is 1. The van der Waals surface area contributed by atoms with Gasteiger partial charge in [0, 0.05) is 18.7 Å². The molecule has 1 aromatic heterocycles.